The largest absolute Gasteiger partial charge is 0.205 e. The maximum absolute atomic E-state index is 13.5. The minimum absolute atomic E-state index is 0.0741. The maximum atomic E-state index is 13.5. The van der Waals surface area contributed by atoms with Gasteiger partial charge in [-0.25, -0.2) is 8.78 Å². The van der Waals surface area contributed by atoms with Gasteiger partial charge >= 0.3 is 0 Å². The molecule has 0 saturated heterocycles. The highest BCUT2D eigenvalue weighted by atomic mass is 35.5. The van der Waals surface area contributed by atoms with Gasteiger partial charge in [-0.2, -0.15) is 0 Å². The van der Waals surface area contributed by atoms with Crippen molar-refractivity contribution in [1.82, 2.24) is 0 Å². The molecule has 0 aliphatic rings. The van der Waals surface area contributed by atoms with Gasteiger partial charge in [-0.15, -0.1) is 0 Å². The summed E-state index contributed by atoms with van der Waals surface area (Å²) in [5.74, 6) is -1.47. The summed E-state index contributed by atoms with van der Waals surface area (Å²) in [4.78, 5) is 0. The van der Waals surface area contributed by atoms with Crippen molar-refractivity contribution in [3.63, 3.8) is 0 Å². The first-order chi connectivity index (χ1) is 6.25. The number of hydrogen-bond donors (Lipinski definition) is 0. The molecule has 0 N–H and O–H groups in total. The van der Waals surface area contributed by atoms with Gasteiger partial charge in [-0.1, -0.05) is 44.0 Å². The van der Waals surface area contributed by atoms with Gasteiger partial charge in [0.25, 0.3) is 0 Å². The van der Waals surface area contributed by atoms with E-state index in [4.69, 9.17) is 23.2 Å². The van der Waals surface area contributed by atoms with Crippen molar-refractivity contribution in [2.24, 2.45) is 0 Å². The van der Waals surface area contributed by atoms with E-state index >= 15 is 0 Å². The van der Waals surface area contributed by atoms with E-state index in [0.29, 0.717) is 0 Å². The first-order valence-corrected chi connectivity index (χ1v) is 4.84. The Labute approximate surface area is 91.8 Å². The number of halogens is 4. The van der Waals surface area contributed by atoms with Gasteiger partial charge in [0, 0.05) is 5.56 Å². The fourth-order valence-corrected chi connectivity index (χ4v) is 1.69. The summed E-state index contributed by atoms with van der Waals surface area (Å²) >= 11 is 11.1. The summed E-state index contributed by atoms with van der Waals surface area (Å²) in [6.07, 6.45) is 0. The fraction of sp³-hybridized carbons (Fsp3) is 0.400. The number of hydrogen-bond acceptors (Lipinski definition) is 0. The van der Waals surface area contributed by atoms with E-state index in [-0.39, 0.29) is 15.6 Å². The fourth-order valence-electron chi connectivity index (χ4n) is 1.23. The second kappa shape index (κ2) is 3.67. The maximum Gasteiger partial charge on any atom is 0.148 e. The van der Waals surface area contributed by atoms with Gasteiger partial charge < -0.3 is 0 Å². The van der Waals surface area contributed by atoms with Gasteiger partial charge in [-0.3, -0.25) is 0 Å². The third kappa shape index (κ3) is 2.01. The molecule has 0 aromatic heterocycles. The van der Waals surface area contributed by atoms with Crippen molar-refractivity contribution in [3.05, 3.63) is 33.3 Å². The molecule has 4 heteroatoms. The number of rotatable bonds is 0. The van der Waals surface area contributed by atoms with E-state index in [1.807, 2.05) is 0 Å². The predicted molar refractivity (Wildman–Crippen MR) is 55.1 cm³/mol. The lowest BCUT2D eigenvalue weighted by molar-refractivity contribution is 0.476. The van der Waals surface area contributed by atoms with E-state index < -0.39 is 17.0 Å². The van der Waals surface area contributed by atoms with Gasteiger partial charge in [0.05, 0.1) is 10.0 Å². The molecule has 0 aliphatic carbocycles. The highest BCUT2D eigenvalue weighted by Gasteiger charge is 2.26. The standard InChI is InChI=1S/C10H10Cl2F2/c1-10(2,3)7-8(13)5(11)4-6(12)9(7)14/h4H,1-3H3. The molecule has 1 rings (SSSR count). The molecule has 0 nitrogen and oxygen atoms in total. The third-order valence-electron chi connectivity index (χ3n) is 1.86. The Kier molecular flexibility index (Phi) is 3.07. The topological polar surface area (TPSA) is 0 Å². The Morgan fingerprint density at radius 1 is 1.00 bits per heavy atom. The van der Waals surface area contributed by atoms with Gasteiger partial charge in [-0.05, 0) is 11.5 Å². The third-order valence-corrected chi connectivity index (χ3v) is 2.41. The molecule has 0 heterocycles. The molecule has 1 aromatic rings. The quantitative estimate of drug-likeness (QED) is 0.581. The zero-order valence-corrected chi connectivity index (χ0v) is 9.60. The van der Waals surface area contributed by atoms with Crippen LogP contribution >= 0.6 is 23.2 Å². The lowest BCUT2D eigenvalue weighted by Crippen LogP contribution is -2.16. The predicted octanol–water partition coefficient (Wildman–Crippen LogP) is 4.57. The smallest absolute Gasteiger partial charge is 0.148 e. The molecule has 1 aromatic carbocycles. The van der Waals surface area contributed by atoms with Crippen LogP contribution in [-0.4, -0.2) is 0 Å². The minimum Gasteiger partial charge on any atom is -0.205 e. The minimum atomic E-state index is -0.735. The molecule has 0 amide bonds. The van der Waals surface area contributed by atoms with Crippen molar-refractivity contribution in [1.29, 1.82) is 0 Å². The highest BCUT2D eigenvalue weighted by Crippen LogP contribution is 2.35. The van der Waals surface area contributed by atoms with Crippen molar-refractivity contribution >= 4 is 23.2 Å². The van der Waals surface area contributed by atoms with Crippen LogP contribution in [0.25, 0.3) is 0 Å². The molecule has 0 bridgehead atoms. The van der Waals surface area contributed by atoms with Crippen LogP contribution in [0.3, 0.4) is 0 Å². The van der Waals surface area contributed by atoms with Crippen LogP contribution in [-0.2, 0) is 5.41 Å². The lowest BCUT2D eigenvalue weighted by atomic mass is 9.86. The summed E-state index contributed by atoms with van der Waals surface area (Å²) in [5, 5.41) is -0.303. The van der Waals surface area contributed by atoms with Gasteiger partial charge in [0.1, 0.15) is 11.6 Å². The zero-order valence-electron chi connectivity index (χ0n) is 8.09. The lowest BCUT2D eigenvalue weighted by Gasteiger charge is -2.21. The Balaban J connectivity index is 3.56. The Hall–Kier alpha value is -0.340. The molecular weight excluding hydrogens is 229 g/mol. The van der Waals surface area contributed by atoms with Crippen molar-refractivity contribution in [3.8, 4) is 0 Å². The van der Waals surface area contributed by atoms with Crippen molar-refractivity contribution in [2.45, 2.75) is 26.2 Å². The molecular formula is C10H10Cl2F2. The zero-order chi connectivity index (χ0) is 11.1. The first-order valence-electron chi connectivity index (χ1n) is 4.08. The second-order valence-corrected chi connectivity index (χ2v) is 4.91. The van der Waals surface area contributed by atoms with Crippen LogP contribution in [0.4, 0.5) is 8.78 Å². The monoisotopic (exact) mass is 238 g/mol. The number of benzene rings is 1. The molecule has 0 unspecified atom stereocenters. The van der Waals surface area contributed by atoms with Gasteiger partial charge in [0.2, 0.25) is 0 Å². The molecule has 0 aliphatic heterocycles. The summed E-state index contributed by atoms with van der Waals surface area (Å²) in [6, 6.07) is 1.07. The Morgan fingerprint density at radius 3 is 1.64 bits per heavy atom. The van der Waals surface area contributed by atoms with E-state index in [1.165, 1.54) is 0 Å². The van der Waals surface area contributed by atoms with Crippen LogP contribution < -0.4 is 0 Å². The molecule has 0 radical (unpaired) electrons. The normalized spacial score (nSPS) is 11.9. The second-order valence-electron chi connectivity index (χ2n) is 4.09. The van der Waals surface area contributed by atoms with E-state index in [0.717, 1.165) is 6.07 Å². The summed E-state index contributed by atoms with van der Waals surface area (Å²) in [5.41, 5.74) is -0.738. The molecule has 14 heavy (non-hydrogen) atoms. The van der Waals surface area contributed by atoms with Crippen LogP contribution in [0.2, 0.25) is 10.0 Å². The molecule has 78 valence electrons. The van der Waals surface area contributed by atoms with E-state index in [1.54, 1.807) is 20.8 Å². The first kappa shape index (κ1) is 11.7. The van der Waals surface area contributed by atoms with E-state index in [9.17, 15) is 8.78 Å². The average Bonchev–Trinajstić information content (AvgIpc) is 1.98. The summed E-state index contributed by atoms with van der Waals surface area (Å²) in [7, 11) is 0. The average molecular weight is 239 g/mol. The molecule has 0 fully saturated rings. The van der Waals surface area contributed by atoms with E-state index in [2.05, 4.69) is 0 Å². The Morgan fingerprint density at radius 2 is 1.36 bits per heavy atom. The van der Waals surface area contributed by atoms with Crippen molar-refractivity contribution < 1.29 is 8.78 Å². The molecule has 0 spiro atoms. The van der Waals surface area contributed by atoms with Gasteiger partial charge in [0.15, 0.2) is 0 Å². The summed E-state index contributed by atoms with van der Waals surface area (Å²) < 4.78 is 27.0. The van der Waals surface area contributed by atoms with Crippen LogP contribution in [0, 0.1) is 11.6 Å². The van der Waals surface area contributed by atoms with Crippen molar-refractivity contribution in [2.75, 3.05) is 0 Å². The summed E-state index contributed by atoms with van der Waals surface area (Å²) in [6.45, 7) is 5.09. The van der Waals surface area contributed by atoms with Crippen LogP contribution in [0.15, 0.2) is 6.07 Å². The molecule has 0 saturated carbocycles. The highest BCUT2D eigenvalue weighted by molar-refractivity contribution is 6.34. The Bertz CT molecular complexity index is 341. The van der Waals surface area contributed by atoms with Crippen LogP contribution in [0.1, 0.15) is 26.3 Å². The van der Waals surface area contributed by atoms with Crippen LogP contribution in [0.5, 0.6) is 0 Å². The molecule has 0 atom stereocenters. The SMILES string of the molecule is CC(C)(C)c1c(F)c(Cl)cc(Cl)c1F.